The van der Waals surface area contributed by atoms with Crippen molar-refractivity contribution in [2.75, 3.05) is 32.7 Å². The zero-order valence-electron chi connectivity index (χ0n) is 70.1. The Morgan fingerprint density at radius 2 is 0.680 bits per heavy atom. The molecule has 1 aliphatic carbocycles. The lowest BCUT2D eigenvalue weighted by Crippen LogP contribution is -2.49. The molecule has 5 aliphatic heterocycles. The fourth-order valence-corrected chi connectivity index (χ4v) is 17.7. The van der Waals surface area contributed by atoms with Gasteiger partial charge in [-0.15, -0.1) is 0 Å². The lowest BCUT2D eigenvalue weighted by Gasteiger charge is -2.41. The zero-order chi connectivity index (χ0) is 90.4. The number of piperidine rings is 5. The Morgan fingerprint density at radius 3 is 1.05 bits per heavy atom. The van der Waals surface area contributed by atoms with Crippen molar-refractivity contribution < 1.29 is 55.5 Å². The van der Waals surface area contributed by atoms with Gasteiger partial charge in [0.1, 0.15) is 35.4 Å². The highest BCUT2D eigenvalue weighted by atomic mass is 32.1. The van der Waals surface area contributed by atoms with Gasteiger partial charge in [0.2, 0.25) is 0 Å². The maximum absolute atomic E-state index is 13.1. The van der Waals surface area contributed by atoms with Crippen LogP contribution in [-0.4, -0.2) is 134 Å². The number of nitrogens with one attached hydrogen (secondary N) is 5. The minimum absolute atomic E-state index is 0.0115. The lowest BCUT2D eigenvalue weighted by atomic mass is 9.87. The molecule has 30 heteroatoms. The highest BCUT2D eigenvalue weighted by molar-refractivity contribution is 7.80. The van der Waals surface area contributed by atoms with E-state index in [0.717, 1.165) is 131 Å². The highest BCUT2D eigenvalue weighted by Crippen LogP contribution is 2.45. The Hall–Kier alpha value is -12.8. The topological polar surface area (TPSA) is 239 Å². The van der Waals surface area contributed by atoms with E-state index in [-0.39, 0.29) is 82.8 Å². The number of hydrogen-bond donors (Lipinski definition) is 5. The van der Waals surface area contributed by atoms with Gasteiger partial charge >= 0.3 is 6.03 Å². The summed E-state index contributed by atoms with van der Waals surface area (Å²) in [6.45, 7) is 10.8. The lowest BCUT2D eigenvalue weighted by molar-refractivity contribution is -0.109. The summed E-state index contributed by atoms with van der Waals surface area (Å²) in [6, 6.07) is 55.8. The number of carbonyl (C=O) groups excluding carboxylic acids is 7. The van der Waals surface area contributed by atoms with Crippen LogP contribution in [0.1, 0.15) is 213 Å². The normalized spacial score (nSPS) is 18.7. The Morgan fingerprint density at radius 1 is 0.352 bits per heavy atom. The number of amides is 7. The van der Waals surface area contributed by atoms with Crippen LogP contribution in [0.3, 0.4) is 0 Å². The van der Waals surface area contributed by atoms with Gasteiger partial charge in [0.05, 0.1) is 36.8 Å². The first-order valence-corrected chi connectivity index (χ1v) is 44.2. The number of benzene rings is 7. The molecule has 0 radical (unpaired) electrons. The molecule has 7 atom stereocenters. The van der Waals surface area contributed by atoms with E-state index in [4.69, 9.17) is 55.4 Å². The van der Waals surface area contributed by atoms with Crippen LogP contribution in [0.15, 0.2) is 250 Å². The Bertz CT molecular complexity index is 5380. The maximum atomic E-state index is 13.1. The Balaban J connectivity index is 0.000000145. The van der Waals surface area contributed by atoms with E-state index in [1.54, 1.807) is 42.0 Å². The molecule has 660 valence electrons. The van der Waals surface area contributed by atoms with E-state index < -0.39 is 23.6 Å². The Labute approximate surface area is 762 Å². The molecule has 7 amide bonds. The minimum Gasteiger partial charge on any atom is -0.342 e. The smallest absolute Gasteiger partial charge is 0.324 e. The summed E-state index contributed by atoms with van der Waals surface area (Å²) in [5.41, 5.74) is 7.64. The number of halogens is 5. The summed E-state index contributed by atoms with van der Waals surface area (Å²) < 4.78 is 65.1. The summed E-state index contributed by atoms with van der Waals surface area (Å²) in [7, 11) is 0. The second kappa shape index (κ2) is 47.1. The average molecular weight is 1810 g/mol. The third-order valence-electron chi connectivity index (χ3n) is 23.2. The monoisotopic (exact) mass is 1800 g/mol. The van der Waals surface area contributed by atoms with Crippen LogP contribution in [0.2, 0.25) is 0 Å². The number of carbonyl (C=O) groups is 7. The third kappa shape index (κ3) is 26.9. The van der Waals surface area contributed by atoms with Crippen molar-refractivity contribution in [3.8, 4) is 0 Å². The molecule has 3 aromatic heterocycles. The van der Waals surface area contributed by atoms with Crippen molar-refractivity contribution in [1.29, 1.82) is 0 Å². The molecule has 5 saturated heterocycles. The second-order valence-electron chi connectivity index (χ2n) is 31.8. The zero-order valence-corrected chi connectivity index (χ0v) is 73.4. The molecule has 21 nitrogen and oxygen atoms in total. The number of rotatable bonds is 13. The highest BCUT2D eigenvalue weighted by Gasteiger charge is 2.40. The standard InChI is InChI=1S/C21H22FN3OS.C20H20FN3O2S.C20H18FN3OS.C19H19FN2OS.C18H18FN3O2/c22-18-8-5-15(6-9-18)20(26)24-21(27)25-13-17(14-3-4-14)7-10-19(25)16-2-1-11-23-12-16;21-17-6-4-15(5-7-17)19(26)23-20(27)24-13-14(9-11-25)3-8-18(24)16-2-1-10-22-12-16;1-22-17-6-4-5-15(13-17)18-7-2-3-12-24(18)20(26)23-19(25)14-8-10-16(21)11-9-14;20-16-11-9-15(10-12-16)18(23)21-19(24)22-13-5-4-8-17(22)14-6-2-1-3-7-14;19-15-8-6-13(7-9-15)17(23)21-18(24)22-11-2-1-5-16(22)14-4-3-10-20-12-14/h1-2,5-6,8-9,11-12,14,17,19H,3-4,7,10,13H2,(H,24,26,27);1-2,4-7,10-12,14,18H,3,8-9,13H2,(H,23,26,27);4-6,8-11,13,18H,2-3,7,12H2,(H,23,25,26);1-3,6-7,9-12,17H,4-5,8,13H2,(H,21,23,24);3-4,6-10,12,16H,1-2,5,11H2,(H,21,23,24). The predicted octanol–water partition coefficient (Wildman–Crippen LogP) is 19.4. The average Bonchev–Trinajstić information content (AvgIpc) is 1.62. The molecular formula is C98H97F5N14O7S4. The first-order valence-electron chi connectivity index (χ1n) is 42.6. The van der Waals surface area contributed by atoms with E-state index in [1.165, 1.54) is 146 Å². The fraction of sp³-hybridized carbons (Fsp3) is 0.296. The molecule has 5 N–H and O–H groups in total. The number of likely N-dealkylation sites (tertiary alicyclic amines) is 5. The van der Waals surface area contributed by atoms with Crippen molar-refractivity contribution in [2.45, 2.75) is 133 Å². The predicted molar refractivity (Wildman–Crippen MR) is 495 cm³/mol. The Kier molecular flexibility index (Phi) is 34.7. The van der Waals surface area contributed by atoms with Crippen LogP contribution in [0, 0.1) is 53.4 Å². The molecule has 6 aliphatic rings. The molecule has 16 rings (SSSR count). The van der Waals surface area contributed by atoms with E-state index in [1.807, 2.05) is 82.7 Å². The molecule has 6 fully saturated rings. The number of imide groups is 1. The van der Waals surface area contributed by atoms with Crippen molar-refractivity contribution in [2.24, 2.45) is 17.8 Å². The van der Waals surface area contributed by atoms with E-state index in [0.29, 0.717) is 73.8 Å². The third-order valence-corrected chi connectivity index (χ3v) is 24.6. The molecule has 0 bridgehead atoms. The fourth-order valence-electron chi connectivity index (χ4n) is 16.4. The van der Waals surface area contributed by atoms with Crippen LogP contribution in [0.4, 0.5) is 32.4 Å². The van der Waals surface area contributed by atoms with Gasteiger partial charge < -0.3 is 29.3 Å². The van der Waals surface area contributed by atoms with E-state index >= 15 is 0 Å². The summed E-state index contributed by atoms with van der Waals surface area (Å²) in [6.07, 6.45) is 27.4. The van der Waals surface area contributed by atoms with Gasteiger partial charge in [0.25, 0.3) is 29.5 Å². The number of hydrogen-bond acceptors (Lipinski definition) is 14. The number of thiocarbonyl (C=S) groups is 4. The molecule has 8 heterocycles. The van der Waals surface area contributed by atoms with Crippen molar-refractivity contribution >= 4 is 117 Å². The summed E-state index contributed by atoms with van der Waals surface area (Å²) in [5, 5.41) is 15.0. The number of aromatic nitrogens is 3. The number of aldehydes is 1. The molecule has 10 aromatic rings. The van der Waals surface area contributed by atoms with Gasteiger partial charge in [0, 0.05) is 104 Å². The van der Waals surface area contributed by atoms with Crippen molar-refractivity contribution in [1.82, 2.24) is 66.0 Å². The molecule has 128 heavy (non-hydrogen) atoms. The maximum Gasteiger partial charge on any atom is 0.324 e. The molecular weight excluding hydrogens is 1710 g/mol. The van der Waals surface area contributed by atoms with Gasteiger partial charge in [-0.25, -0.2) is 31.6 Å². The van der Waals surface area contributed by atoms with Gasteiger partial charge in [-0.1, -0.05) is 72.8 Å². The molecule has 0 spiro atoms. The summed E-state index contributed by atoms with van der Waals surface area (Å²) in [4.78, 5) is 111. The van der Waals surface area contributed by atoms with Gasteiger partial charge in [-0.2, -0.15) is 0 Å². The van der Waals surface area contributed by atoms with Gasteiger partial charge in [-0.3, -0.25) is 65.5 Å². The van der Waals surface area contributed by atoms with Crippen molar-refractivity contribution in [3.05, 3.63) is 346 Å². The summed E-state index contributed by atoms with van der Waals surface area (Å²) >= 11 is 22.1. The molecule has 1 saturated carbocycles. The first kappa shape index (κ1) is 94.3. The SMILES string of the molecule is O=C(NC(=O)N1CCCCC1c1cccnc1)c1ccc(F)cc1.O=C(NC(=S)N1CC(C2CC2)CCC1c1cccnc1)c1ccc(F)cc1.O=C(NC(=S)N1CCCCC1c1ccccc1)c1ccc(F)cc1.O=CCC1CCC(c2cccnc2)N(C(=S)NC(=O)c2ccc(F)cc2)C1.[C-]#[N+]c1cccc(C2CCCCN2C(=S)NC(=O)c2ccc(F)cc2)c1. The van der Waals surface area contributed by atoms with Crippen LogP contribution in [0.5, 0.6) is 0 Å². The van der Waals surface area contributed by atoms with Crippen molar-refractivity contribution in [3.63, 3.8) is 0 Å². The molecule has 7 aromatic carbocycles. The van der Waals surface area contributed by atoms with Crippen LogP contribution < -0.4 is 26.6 Å². The van der Waals surface area contributed by atoms with Gasteiger partial charge in [0.15, 0.2) is 26.1 Å². The van der Waals surface area contributed by atoms with E-state index in [2.05, 4.69) is 74.4 Å². The van der Waals surface area contributed by atoms with Crippen LogP contribution in [-0.2, 0) is 4.79 Å². The molecule has 7 unspecified atom stereocenters. The number of nitrogens with zero attached hydrogens (tertiary/aromatic N) is 9. The number of pyridine rings is 3. The van der Waals surface area contributed by atoms with Crippen LogP contribution >= 0.6 is 48.9 Å². The quantitative estimate of drug-likeness (QED) is 0.0312. The minimum atomic E-state index is -0.532. The van der Waals surface area contributed by atoms with Crippen LogP contribution in [0.25, 0.3) is 4.85 Å². The second-order valence-corrected chi connectivity index (χ2v) is 33.3. The van der Waals surface area contributed by atoms with E-state index in [9.17, 15) is 55.5 Å². The summed E-state index contributed by atoms with van der Waals surface area (Å²) in [5.74, 6) is -2.23. The number of urea groups is 1. The first-order chi connectivity index (χ1) is 62.1. The largest absolute Gasteiger partial charge is 0.342 e. The van der Waals surface area contributed by atoms with Gasteiger partial charge in [-0.05, 0) is 330 Å².